The highest BCUT2D eigenvalue weighted by molar-refractivity contribution is 5.80. The van der Waals surface area contributed by atoms with Gasteiger partial charge in [-0.2, -0.15) is 0 Å². The molecule has 0 bridgehead atoms. The number of nitrogens with zero attached hydrogens (tertiary/aromatic N) is 2. The standard InChI is InChI=1S/C15H16N2O/c1-9-6-14(10(2)5-13(9)8-18)15-16-11(3)7-12(4)17-15/h5-8H,1-4H3. The molecule has 2 aromatic rings. The fourth-order valence-electron chi connectivity index (χ4n) is 2.05. The zero-order valence-electron chi connectivity index (χ0n) is 11.1. The molecular weight excluding hydrogens is 224 g/mol. The highest BCUT2D eigenvalue weighted by Gasteiger charge is 2.09. The predicted molar refractivity (Wildman–Crippen MR) is 71.8 cm³/mol. The van der Waals surface area contributed by atoms with Crippen molar-refractivity contribution in [2.45, 2.75) is 27.7 Å². The lowest BCUT2D eigenvalue weighted by Gasteiger charge is -2.09. The second-order valence-electron chi connectivity index (χ2n) is 4.62. The van der Waals surface area contributed by atoms with Crippen LogP contribution in [0, 0.1) is 27.7 Å². The molecule has 0 aliphatic heterocycles. The third kappa shape index (κ3) is 2.30. The quantitative estimate of drug-likeness (QED) is 0.757. The molecule has 1 aromatic carbocycles. The maximum atomic E-state index is 10.9. The second-order valence-corrected chi connectivity index (χ2v) is 4.62. The Balaban J connectivity index is 2.63. The number of carbonyl (C=O) groups is 1. The molecule has 0 fully saturated rings. The van der Waals surface area contributed by atoms with Gasteiger partial charge in [-0.05, 0) is 57.0 Å². The molecule has 0 amide bonds. The lowest BCUT2D eigenvalue weighted by atomic mass is 10.00. The minimum Gasteiger partial charge on any atom is -0.298 e. The zero-order valence-corrected chi connectivity index (χ0v) is 11.1. The van der Waals surface area contributed by atoms with Gasteiger partial charge in [-0.25, -0.2) is 9.97 Å². The highest BCUT2D eigenvalue weighted by atomic mass is 16.1. The van der Waals surface area contributed by atoms with E-state index in [9.17, 15) is 4.79 Å². The Morgan fingerprint density at radius 3 is 2.06 bits per heavy atom. The van der Waals surface area contributed by atoms with Crippen LogP contribution in [-0.4, -0.2) is 16.3 Å². The van der Waals surface area contributed by atoms with Crippen LogP contribution in [0.15, 0.2) is 18.2 Å². The molecule has 0 aliphatic rings. The summed E-state index contributed by atoms with van der Waals surface area (Å²) in [7, 11) is 0. The van der Waals surface area contributed by atoms with Crippen molar-refractivity contribution in [3.8, 4) is 11.4 Å². The first-order valence-corrected chi connectivity index (χ1v) is 5.90. The molecule has 18 heavy (non-hydrogen) atoms. The van der Waals surface area contributed by atoms with Gasteiger partial charge in [-0.3, -0.25) is 4.79 Å². The second kappa shape index (κ2) is 4.69. The number of aromatic nitrogens is 2. The molecule has 3 heteroatoms. The fourth-order valence-corrected chi connectivity index (χ4v) is 2.05. The van der Waals surface area contributed by atoms with Gasteiger partial charge in [0.25, 0.3) is 0 Å². The van der Waals surface area contributed by atoms with E-state index >= 15 is 0 Å². The van der Waals surface area contributed by atoms with Crippen molar-refractivity contribution in [3.63, 3.8) is 0 Å². The monoisotopic (exact) mass is 240 g/mol. The summed E-state index contributed by atoms with van der Waals surface area (Å²) in [5.41, 5.74) is 5.59. The van der Waals surface area contributed by atoms with Gasteiger partial charge in [0, 0.05) is 22.5 Å². The molecule has 0 atom stereocenters. The van der Waals surface area contributed by atoms with Crippen LogP contribution >= 0.6 is 0 Å². The topological polar surface area (TPSA) is 42.9 Å². The Bertz CT molecular complexity index is 598. The van der Waals surface area contributed by atoms with Crippen molar-refractivity contribution in [2.75, 3.05) is 0 Å². The van der Waals surface area contributed by atoms with Crippen LogP contribution in [0.5, 0.6) is 0 Å². The minimum absolute atomic E-state index is 0.723. The summed E-state index contributed by atoms with van der Waals surface area (Å²) in [5.74, 6) is 0.727. The van der Waals surface area contributed by atoms with E-state index in [1.807, 2.05) is 45.9 Å². The van der Waals surface area contributed by atoms with Gasteiger partial charge < -0.3 is 0 Å². The summed E-state index contributed by atoms with van der Waals surface area (Å²) in [6.45, 7) is 7.82. The van der Waals surface area contributed by atoms with Crippen LogP contribution in [0.2, 0.25) is 0 Å². The van der Waals surface area contributed by atoms with Gasteiger partial charge in [0.05, 0.1) is 0 Å². The summed E-state index contributed by atoms with van der Waals surface area (Å²) in [6, 6.07) is 5.82. The van der Waals surface area contributed by atoms with Crippen LogP contribution in [-0.2, 0) is 0 Å². The molecule has 0 radical (unpaired) electrons. The normalized spacial score (nSPS) is 10.4. The smallest absolute Gasteiger partial charge is 0.159 e. The summed E-state index contributed by atoms with van der Waals surface area (Å²) in [4.78, 5) is 19.8. The molecule has 0 spiro atoms. The Morgan fingerprint density at radius 2 is 1.50 bits per heavy atom. The maximum Gasteiger partial charge on any atom is 0.159 e. The molecule has 0 unspecified atom stereocenters. The molecule has 0 saturated heterocycles. The Morgan fingerprint density at radius 1 is 0.889 bits per heavy atom. The largest absolute Gasteiger partial charge is 0.298 e. The average molecular weight is 240 g/mol. The van der Waals surface area contributed by atoms with Crippen molar-refractivity contribution in [1.82, 2.24) is 9.97 Å². The maximum absolute atomic E-state index is 10.9. The summed E-state index contributed by atoms with van der Waals surface area (Å²) >= 11 is 0. The third-order valence-electron chi connectivity index (χ3n) is 2.96. The van der Waals surface area contributed by atoms with Crippen molar-refractivity contribution in [1.29, 1.82) is 0 Å². The number of aryl methyl sites for hydroxylation is 4. The molecule has 0 saturated carbocycles. The van der Waals surface area contributed by atoms with Gasteiger partial charge >= 0.3 is 0 Å². The first kappa shape index (κ1) is 12.4. The van der Waals surface area contributed by atoms with Gasteiger partial charge in [-0.1, -0.05) is 0 Å². The van der Waals surface area contributed by atoms with E-state index in [-0.39, 0.29) is 0 Å². The molecule has 92 valence electrons. The molecule has 3 nitrogen and oxygen atoms in total. The van der Waals surface area contributed by atoms with E-state index in [1.165, 1.54) is 0 Å². The van der Waals surface area contributed by atoms with Crippen LogP contribution in [0.3, 0.4) is 0 Å². The number of benzene rings is 1. The number of carbonyl (C=O) groups excluding carboxylic acids is 1. The van der Waals surface area contributed by atoms with Crippen LogP contribution in [0.25, 0.3) is 11.4 Å². The minimum atomic E-state index is 0.723. The first-order valence-electron chi connectivity index (χ1n) is 5.90. The molecular formula is C15H16N2O. The van der Waals surface area contributed by atoms with Crippen LogP contribution in [0.4, 0.5) is 0 Å². The molecule has 0 N–H and O–H groups in total. The van der Waals surface area contributed by atoms with E-state index in [2.05, 4.69) is 9.97 Å². The van der Waals surface area contributed by atoms with Crippen molar-refractivity contribution in [3.05, 3.63) is 46.3 Å². The summed E-state index contributed by atoms with van der Waals surface area (Å²) < 4.78 is 0. The molecule has 1 aromatic heterocycles. The van der Waals surface area contributed by atoms with E-state index in [1.54, 1.807) is 0 Å². The third-order valence-corrected chi connectivity index (χ3v) is 2.96. The highest BCUT2D eigenvalue weighted by Crippen LogP contribution is 2.23. The van der Waals surface area contributed by atoms with E-state index < -0.39 is 0 Å². The molecule has 2 rings (SSSR count). The molecule has 0 aliphatic carbocycles. The van der Waals surface area contributed by atoms with Crippen molar-refractivity contribution < 1.29 is 4.79 Å². The number of aldehydes is 1. The predicted octanol–water partition coefficient (Wildman–Crippen LogP) is 3.19. The first-order chi connectivity index (χ1) is 8.51. The lowest BCUT2D eigenvalue weighted by molar-refractivity contribution is 0.112. The summed E-state index contributed by atoms with van der Waals surface area (Å²) in [6.07, 6.45) is 0.883. The van der Waals surface area contributed by atoms with Crippen LogP contribution < -0.4 is 0 Å². The van der Waals surface area contributed by atoms with Gasteiger partial charge in [0.1, 0.15) is 6.29 Å². The fraction of sp³-hybridized carbons (Fsp3) is 0.267. The van der Waals surface area contributed by atoms with Gasteiger partial charge in [-0.15, -0.1) is 0 Å². The summed E-state index contributed by atoms with van der Waals surface area (Å²) in [5, 5.41) is 0. The number of rotatable bonds is 2. The van der Waals surface area contributed by atoms with Crippen molar-refractivity contribution in [2.24, 2.45) is 0 Å². The van der Waals surface area contributed by atoms with Gasteiger partial charge in [0.15, 0.2) is 5.82 Å². The van der Waals surface area contributed by atoms with E-state index in [4.69, 9.17) is 0 Å². The Labute approximate surface area is 107 Å². The Hall–Kier alpha value is -2.03. The van der Waals surface area contributed by atoms with Crippen molar-refractivity contribution >= 4 is 6.29 Å². The van der Waals surface area contributed by atoms with Crippen LogP contribution in [0.1, 0.15) is 32.9 Å². The number of hydrogen-bond acceptors (Lipinski definition) is 3. The van der Waals surface area contributed by atoms with Gasteiger partial charge in [0.2, 0.25) is 0 Å². The SMILES string of the molecule is Cc1cc(C)nc(-c2cc(C)c(C=O)cc2C)n1. The Kier molecular flexibility index (Phi) is 3.24. The molecule has 1 heterocycles. The van der Waals surface area contributed by atoms with E-state index in [0.717, 1.165) is 45.8 Å². The lowest BCUT2D eigenvalue weighted by Crippen LogP contribution is -1.98. The zero-order chi connectivity index (χ0) is 13.3. The number of hydrogen-bond donors (Lipinski definition) is 0. The van der Waals surface area contributed by atoms with E-state index in [0.29, 0.717) is 0 Å². The average Bonchev–Trinajstić information content (AvgIpc) is 2.30.